The van der Waals surface area contributed by atoms with Crippen LogP contribution in [0.3, 0.4) is 0 Å². The summed E-state index contributed by atoms with van der Waals surface area (Å²) in [6.07, 6.45) is 3.68. The van der Waals surface area contributed by atoms with Gasteiger partial charge in [-0.2, -0.15) is 0 Å². The molecule has 2 atom stereocenters. The number of halogens is 1. The van der Waals surface area contributed by atoms with Gasteiger partial charge < -0.3 is 15.8 Å². The lowest BCUT2D eigenvalue weighted by molar-refractivity contribution is 0.0808. The van der Waals surface area contributed by atoms with Gasteiger partial charge in [0.15, 0.2) is 0 Å². The first-order valence-electron chi connectivity index (χ1n) is 7.08. The summed E-state index contributed by atoms with van der Waals surface area (Å²) in [5.41, 5.74) is 6.03. The van der Waals surface area contributed by atoms with Crippen molar-refractivity contribution in [3.05, 3.63) is 35.1 Å². The molecule has 20 heavy (non-hydrogen) atoms. The van der Waals surface area contributed by atoms with Crippen LogP contribution in [0, 0.1) is 11.7 Å². The third-order valence-corrected chi connectivity index (χ3v) is 4.11. The van der Waals surface area contributed by atoms with Gasteiger partial charge in [-0.25, -0.2) is 4.39 Å². The minimum atomic E-state index is -0.536. The van der Waals surface area contributed by atoms with E-state index >= 15 is 0 Å². The lowest BCUT2D eigenvalue weighted by atomic mass is 10.0. The highest BCUT2D eigenvalue weighted by Gasteiger charge is 2.40. The molecule has 1 saturated heterocycles. The topological polar surface area (TPSA) is 64.4 Å². The van der Waals surface area contributed by atoms with Gasteiger partial charge in [0.05, 0.1) is 6.10 Å². The second kappa shape index (κ2) is 5.50. The second-order valence-corrected chi connectivity index (χ2v) is 5.62. The van der Waals surface area contributed by atoms with Gasteiger partial charge in [-0.05, 0) is 43.4 Å². The van der Waals surface area contributed by atoms with Crippen LogP contribution in [0.25, 0.3) is 0 Å². The van der Waals surface area contributed by atoms with Crippen molar-refractivity contribution in [2.45, 2.75) is 38.0 Å². The predicted octanol–water partition coefficient (Wildman–Crippen LogP) is 1.58. The molecule has 1 aromatic rings. The van der Waals surface area contributed by atoms with E-state index in [1.807, 2.05) is 0 Å². The standard InChI is InChI=1S/C15H19FN2O2/c16-12-4-3-10(15(17)19)7-11(12)8-18-13-5-6-20-14(13)9-1-2-9/h3-4,7,9,13-14,18H,1-2,5-6,8H2,(H2,17,19). The van der Waals surface area contributed by atoms with Crippen molar-refractivity contribution in [1.82, 2.24) is 5.32 Å². The highest BCUT2D eigenvalue weighted by molar-refractivity contribution is 5.92. The lowest BCUT2D eigenvalue weighted by Gasteiger charge is -2.19. The SMILES string of the molecule is NC(=O)c1ccc(F)c(CNC2CCOC2C2CC2)c1. The molecule has 2 fully saturated rings. The molecule has 5 heteroatoms. The first-order valence-corrected chi connectivity index (χ1v) is 7.08. The molecule has 0 radical (unpaired) electrons. The average molecular weight is 278 g/mol. The van der Waals surface area contributed by atoms with Crippen LogP contribution in [0.15, 0.2) is 18.2 Å². The van der Waals surface area contributed by atoms with Crippen LogP contribution in [0.2, 0.25) is 0 Å². The number of ether oxygens (including phenoxy) is 1. The fourth-order valence-electron chi connectivity index (χ4n) is 2.82. The Balaban J connectivity index is 1.65. The minimum absolute atomic E-state index is 0.261. The van der Waals surface area contributed by atoms with E-state index in [0.29, 0.717) is 23.6 Å². The number of rotatable bonds is 5. The van der Waals surface area contributed by atoms with E-state index in [0.717, 1.165) is 13.0 Å². The monoisotopic (exact) mass is 278 g/mol. The van der Waals surface area contributed by atoms with Gasteiger partial charge >= 0.3 is 0 Å². The van der Waals surface area contributed by atoms with Crippen molar-refractivity contribution in [2.75, 3.05) is 6.61 Å². The van der Waals surface area contributed by atoms with Crippen LogP contribution in [0.1, 0.15) is 35.2 Å². The molecule has 1 aliphatic carbocycles. The second-order valence-electron chi connectivity index (χ2n) is 5.62. The Bertz CT molecular complexity index is 517. The van der Waals surface area contributed by atoms with Crippen molar-refractivity contribution < 1.29 is 13.9 Å². The van der Waals surface area contributed by atoms with Gasteiger partial charge in [-0.15, -0.1) is 0 Å². The molecule has 2 unspecified atom stereocenters. The third kappa shape index (κ3) is 2.83. The molecule has 3 rings (SSSR count). The Morgan fingerprint density at radius 3 is 2.90 bits per heavy atom. The zero-order valence-electron chi connectivity index (χ0n) is 11.3. The Kier molecular flexibility index (Phi) is 3.72. The molecule has 1 saturated carbocycles. The summed E-state index contributed by atoms with van der Waals surface area (Å²) < 4.78 is 19.5. The third-order valence-electron chi connectivity index (χ3n) is 4.11. The van der Waals surface area contributed by atoms with Crippen LogP contribution in [0.5, 0.6) is 0 Å². The van der Waals surface area contributed by atoms with Crippen LogP contribution in [-0.2, 0) is 11.3 Å². The molecule has 4 nitrogen and oxygen atoms in total. The molecule has 0 spiro atoms. The summed E-state index contributed by atoms with van der Waals surface area (Å²) in [5, 5.41) is 3.36. The first kappa shape index (κ1) is 13.5. The van der Waals surface area contributed by atoms with Crippen LogP contribution < -0.4 is 11.1 Å². The molecule has 1 heterocycles. The largest absolute Gasteiger partial charge is 0.376 e. The van der Waals surface area contributed by atoms with Crippen molar-refractivity contribution in [3.8, 4) is 0 Å². The van der Waals surface area contributed by atoms with Gasteiger partial charge in [0.2, 0.25) is 5.91 Å². The number of nitrogens with one attached hydrogen (secondary N) is 1. The van der Waals surface area contributed by atoms with E-state index in [2.05, 4.69) is 5.32 Å². The Hall–Kier alpha value is -1.46. The number of primary amides is 1. The molecule has 2 aliphatic rings. The summed E-state index contributed by atoms with van der Waals surface area (Å²) in [5.74, 6) is -0.188. The van der Waals surface area contributed by atoms with Crippen molar-refractivity contribution in [1.29, 1.82) is 0 Å². The zero-order chi connectivity index (χ0) is 14.1. The first-order chi connectivity index (χ1) is 9.65. The number of carbonyl (C=O) groups is 1. The Morgan fingerprint density at radius 2 is 2.20 bits per heavy atom. The van der Waals surface area contributed by atoms with Gasteiger partial charge in [0.1, 0.15) is 5.82 Å². The number of amides is 1. The molecule has 1 amide bonds. The summed E-state index contributed by atoms with van der Waals surface area (Å²) >= 11 is 0. The van der Waals surface area contributed by atoms with E-state index in [4.69, 9.17) is 10.5 Å². The molecular weight excluding hydrogens is 259 g/mol. The summed E-state index contributed by atoms with van der Waals surface area (Å²) in [6.45, 7) is 1.16. The van der Waals surface area contributed by atoms with Crippen molar-refractivity contribution >= 4 is 5.91 Å². The zero-order valence-corrected chi connectivity index (χ0v) is 11.3. The summed E-state index contributed by atoms with van der Waals surface area (Å²) in [7, 11) is 0. The average Bonchev–Trinajstić information content (AvgIpc) is 3.17. The highest BCUT2D eigenvalue weighted by Crippen LogP contribution is 2.38. The number of nitrogens with two attached hydrogens (primary N) is 1. The van der Waals surface area contributed by atoms with Crippen molar-refractivity contribution in [2.24, 2.45) is 11.7 Å². The minimum Gasteiger partial charge on any atom is -0.376 e. The van der Waals surface area contributed by atoms with Crippen LogP contribution >= 0.6 is 0 Å². The summed E-state index contributed by atoms with van der Waals surface area (Å²) in [6, 6.07) is 4.50. The van der Waals surface area contributed by atoms with E-state index in [-0.39, 0.29) is 18.0 Å². The van der Waals surface area contributed by atoms with Gasteiger partial charge in [0.25, 0.3) is 0 Å². The number of benzene rings is 1. The van der Waals surface area contributed by atoms with E-state index in [1.54, 1.807) is 0 Å². The number of hydrogen-bond donors (Lipinski definition) is 2. The smallest absolute Gasteiger partial charge is 0.248 e. The maximum absolute atomic E-state index is 13.8. The fraction of sp³-hybridized carbons (Fsp3) is 0.533. The normalized spacial score (nSPS) is 25.9. The molecule has 0 bridgehead atoms. The van der Waals surface area contributed by atoms with Gasteiger partial charge in [0, 0.05) is 30.3 Å². The maximum Gasteiger partial charge on any atom is 0.248 e. The molecule has 0 aromatic heterocycles. The number of hydrogen-bond acceptors (Lipinski definition) is 3. The van der Waals surface area contributed by atoms with E-state index < -0.39 is 5.91 Å². The van der Waals surface area contributed by atoms with Gasteiger partial charge in [-0.3, -0.25) is 4.79 Å². The molecular formula is C15H19FN2O2. The van der Waals surface area contributed by atoms with Crippen LogP contribution in [0.4, 0.5) is 4.39 Å². The molecule has 1 aromatic carbocycles. The highest BCUT2D eigenvalue weighted by atomic mass is 19.1. The summed E-state index contributed by atoms with van der Waals surface area (Å²) in [4.78, 5) is 11.1. The van der Waals surface area contributed by atoms with Crippen molar-refractivity contribution in [3.63, 3.8) is 0 Å². The van der Waals surface area contributed by atoms with Crippen LogP contribution in [-0.4, -0.2) is 24.7 Å². The molecule has 108 valence electrons. The van der Waals surface area contributed by atoms with E-state index in [1.165, 1.54) is 31.0 Å². The Morgan fingerprint density at radius 1 is 1.40 bits per heavy atom. The molecule has 3 N–H and O–H groups in total. The maximum atomic E-state index is 13.8. The van der Waals surface area contributed by atoms with Gasteiger partial charge in [-0.1, -0.05) is 0 Å². The molecule has 1 aliphatic heterocycles. The Labute approximate surface area is 117 Å². The lowest BCUT2D eigenvalue weighted by Crippen LogP contribution is -2.37. The quantitative estimate of drug-likeness (QED) is 0.859. The number of carbonyl (C=O) groups excluding carboxylic acids is 1. The predicted molar refractivity (Wildman–Crippen MR) is 72.6 cm³/mol. The van der Waals surface area contributed by atoms with E-state index in [9.17, 15) is 9.18 Å². The fourth-order valence-corrected chi connectivity index (χ4v) is 2.82.